The van der Waals surface area contributed by atoms with Crippen LogP contribution in [0.25, 0.3) is 0 Å². The first kappa shape index (κ1) is 14.7. The summed E-state index contributed by atoms with van der Waals surface area (Å²) in [4.78, 5) is 24.6. The van der Waals surface area contributed by atoms with Crippen LogP contribution < -0.4 is 0 Å². The van der Waals surface area contributed by atoms with Crippen molar-refractivity contribution in [2.75, 3.05) is 19.7 Å². The van der Waals surface area contributed by atoms with Crippen LogP contribution in [0.2, 0.25) is 0 Å². The van der Waals surface area contributed by atoms with Gasteiger partial charge in [0.1, 0.15) is 0 Å². The fourth-order valence-electron chi connectivity index (χ4n) is 2.02. The van der Waals surface area contributed by atoms with E-state index in [4.69, 9.17) is 9.84 Å². The van der Waals surface area contributed by atoms with E-state index in [1.165, 1.54) is 6.92 Å². The van der Waals surface area contributed by atoms with Crippen LogP contribution in [-0.4, -0.2) is 47.7 Å². The van der Waals surface area contributed by atoms with Crippen molar-refractivity contribution in [3.63, 3.8) is 0 Å². The number of likely N-dealkylation sites (tertiary alicyclic amines) is 1. The summed E-state index contributed by atoms with van der Waals surface area (Å²) in [5, 5.41) is 8.86. The average molecular weight is 255 g/mol. The van der Waals surface area contributed by atoms with E-state index in [-0.39, 0.29) is 17.6 Å². The number of piperidine rings is 1. The molecule has 1 saturated heterocycles. The van der Waals surface area contributed by atoms with Crippen molar-refractivity contribution < 1.29 is 19.4 Å². The second-order valence-corrected chi connectivity index (χ2v) is 4.50. The van der Waals surface area contributed by atoms with Crippen LogP contribution in [0.4, 0.5) is 0 Å². The van der Waals surface area contributed by atoms with E-state index >= 15 is 0 Å². The summed E-state index contributed by atoms with van der Waals surface area (Å²) in [6.07, 6.45) is 1.86. The van der Waals surface area contributed by atoms with Crippen LogP contribution in [0.3, 0.4) is 0 Å². The predicted octanol–water partition coefficient (Wildman–Crippen LogP) is 1.43. The second-order valence-electron chi connectivity index (χ2n) is 4.50. The van der Waals surface area contributed by atoms with E-state index in [9.17, 15) is 9.59 Å². The molecule has 1 heterocycles. The normalized spacial score (nSPS) is 18.5. The topological polar surface area (TPSA) is 66.8 Å². The van der Waals surface area contributed by atoms with Crippen LogP contribution in [0.15, 0.2) is 11.1 Å². The summed E-state index contributed by atoms with van der Waals surface area (Å²) in [5.74, 6) is -1.21. The number of carboxylic acid groups (broad SMARTS) is 1. The van der Waals surface area contributed by atoms with Gasteiger partial charge in [-0.3, -0.25) is 4.79 Å². The molecule has 0 aliphatic carbocycles. The second kappa shape index (κ2) is 6.54. The molecule has 0 saturated carbocycles. The molecule has 1 aliphatic heterocycles. The minimum absolute atomic E-state index is 0.118. The maximum absolute atomic E-state index is 12.1. The van der Waals surface area contributed by atoms with Gasteiger partial charge in [-0.05, 0) is 33.6 Å². The van der Waals surface area contributed by atoms with Crippen molar-refractivity contribution in [3.8, 4) is 0 Å². The van der Waals surface area contributed by atoms with Gasteiger partial charge in [0.25, 0.3) is 0 Å². The lowest BCUT2D eigenvalue weighted by molar-refractivity contribution is -0.134. The minimum atomic E-state index is -1.04. The molecule has 0 bridgehead atoms. The lowest BCUT2D eigenvalue weighted by Gasteiger charge is -2.32. The van der Waals surface area contributed by atoms with Gasteiger partial charge in [0.2, 0.25) is 5.91 Å². The van der Waals surface area contributed by atoms with Gasteiger partial charge in [-0.15, -0.1) is 0 Å². The third-order valence-corrected chi connectivity index (χ3v) is 3.34. The van der Waals surface area contributed by atoms with E-state index in [0.717, 1.165) is 12.8 Å². The van der Waals surface area contributed by atoms with E-state index in [1.54, 1.807) is 11.8 Å². The molecule has 0 aromatic heterocycles. The van der Waals surface area contributed by atoms with Gasteiger partial charge in [0, 0.05) is 30.8 Å². The molecule has 0 aromatic carbocycles. The van der Waals surface area contributed by atoms with Crippen LogP contribution in [0, 0.1) is 0 Å². The summed E-state index contributed by atoms with van der Waals surface area (Å²) >= 11 is 0. The van der Waals surface area contributed by atoms with E-state index in [0.29, 0.717) is 25.3 Å². The van der Waals surface area contributed by atoms with Crippen molar-refractivity contribution in [2.24, 2.45) is 0 Å². The Balaban J connectivity index is 2.60. The van der Waals surface area contributed by atoms with Crippen molar-refractivity contribution in [1.29, 1.82) is 0 Å². The number of carbonyl (C=O) groups excluding carboxylic acids is 1. The average Bonchev–Trinajstić information content (AvgIpc) is 2.37. The Morgan fingerprint density at radius 3 is 2.22 bits per heavy atom. The number of hydrogen-bond donors (Lipinski definition) is 1. The van der Waals surface area contributed by atoms with Gasteiger partial charge >= 0.3 is 5.97 Å². The maximum Gasteiger partial charge on any atom is 0.331 e. The SMILES string of the molecule is CCOC1CCN(C(=O)C(C)=C(C)C(=O)O)CC1. The van der Waals surface area contributed by atoms with Crippen LogP contribution in [0.1, 0.15) is 33.6 Å². The molecule has 1 fully saturated rings. The maximum atomic E-state index is 12.1. The molecule has 1 N–H and O–H groups in total. The van der Waals surface area contributed by atoms with Crippen molar-refractivity contribution in [3.05, 3.63) is 11.1 Å². The zero-order valence-electron chi connectivity index (χ0n) is 11.2. The Morgan fingerprint density at radius 1 is 1.22 bits per heavy atom. The lowest BCUT2D eigenvalue weighted by Crippen LogP contribution is -2.41. The van der Waals surface area contributed by atoms with Gasteiger partial charge in [0.05, 0.1) is 6.10 Å². The highest BCUT2D eigenvalue weighted by Crippen LogP contribution is 2.17. The fourth-order valence-corrected chi connectivity index (χ4v) is 2.02. The molecule has 5 nitrogen and oxygen atoms in total. The Morgan fingerprint density at radius 2 is 1.78 bits per heavy atom. The highest BCUT2D eigenvalue weighted by atomic mass is 16.5. The molecule has 1 amide bonds. The van der Waals surface area contributed by atoms with Crippen LogP contribution >= 0.6 is 0 Å². The summed E-state index contributed by atoms with van der Waals surface area (Å²) in [5.41, 5.74) is 0.435. The molecule has 0 radical (unpaired) electrons. The van der Waals surface area contributed by atoms with Gasteiger partial charge in [-0.2, -0.15) is 0 Å². The zero-order chi connectivity index (χ0) is 13.7. The number of aliphatic carboxylic acids is 1. The number of ether oxygens (including phenoxy) is 1. The largest absolute Gasteiger partial charge is 0.478 e. The van der Waals surface area contributed by atoms with Crippen LogP contribution in [-0.2, 0) is 14.3 Å². The van der Waals surface area contributed by atoms with Gasteiger partial charge in [-0.1, -0.05) is 0 Å². The van der Waals surface area contributed by atoms with Gasteiger partial charge < -0.3 is 14.7 Å². The first-order valence-corrected chi connectivity index (χ1v) is 6.29. The highest BCUT2D eigenvalue weighted by Gasteiger charge is 2.25. The number of hydrogen-bond acceptors (Lipinski definition) is 3. The van der Waals surface area contributed by atoms with Crippen molar-refractivity contribution in [2.45, 2.75) is 39.7 Å². The Hall–Kier alpha value is -1.36. The summed E-state index contributed by atoms with van der Waals surface area (Å²) in [6.45, 7) is 6.95. The molecule has 18 heavy (non-hydrogen) atoms. The van der Waals surface area contributed by atoms with Gasteiger partial charge in [-0.25, -0.2) is 4.79 Å². The Kier molecular flexibility index (Phi) is 5.34. The van der Waals surface area contributed by atoms with E-state index in [1.807, 2.05) is 6.92 Å². The fraction of sp³-hybridized carbons (Fsp3) is 0.692. The van der Waals surface area contributed by atoms with Crippen LogP contribution in [0.5, 0.6) is 0 Å². The number of carboxylic acids is 1. The monoisotopic (exact) mass is 255 g/mol. The highest BCUT2D eigenvalue weighted by molar-refractivity contribution is 6.01. The molecule has 0 unspecified atom stereocenters. The van der Waals surface area contributed by atoms with E-state index in [2.05, 4.69) is 0 Å². The zero-order valence-corrected chi connectivity index (χ0v) is 11.2. The Labute approximate surface area is 107 Å². The molecule has 0 spiro atoms. The first-order valence-electron chi connectivity index (χ1n) is 6.29. The molecule has 1 aliphatic rings. The molecule has 0 atom stereocenters. The van der Waals surface area contributed by atoms with Crippen molar-refractivity contribution in [1.82, 2.24) is 4.90 Å². The lowest BCUT2D eigenvalue weighted by atomic mass is 10.0. The molecular weight excluding hydrogens is 234 g/mol. The van der Waals surface area contributed by atoms with E-state index < -0.39 is 5.97 Å². The minimum Gasteiger partial charge on any atom is -0.478 e. The smallest absolute Gasteiger partial charge is 0.331 e. The standard InChI is InChI=1S/C13H21NO4/c1-4-18-11-5-7-14(8-6-11)12(15)9(2)10(3)13(16)17/h11H,4-8H2,1-3H3,(H,16,17). The number of nitrogens with zero attached hydrogens (tertiary/aromatic N) is 1. The summed E-state index contributed by atoms with van der Waals surface area (Å²) in [6, 6.07) is 0. The summed E-state index contributed by atoms with van der Waals surface area (Å²) < 4.78 is 5.51. The molecule has 0 aromatic rings. The number of rotatable bonds is 4. The summed E-state index contributed by atoms with van der Waals surface area (Å²) in [7, 11) is 0. The third-order valence-electron chi connectivity index (χ3n) is 3.34. The predicted molar refractivity (Wildman–Crippen MR) is 67.2 cm³/mol. The molecular formula is C13H21NO4. The number of amides is 1. The quantitative estimate of drug-likeness (QED) is 0.772. The molecule has 5 heteroatoms. The number of carbonyl (C=O) groups is 2. The van der Waals surface area contributed by atoms with Gasteiger partial charge in [0.15, 0.2) is 0 Å². The van der Waals surface area contributed by atoms with Crippen molar-refractivity contribution >= 4 is 11.9 Å². The Bertz CT molecular complexity index is 354. The molecule has 102 valence electrons. The third kappa shape index (κ3) is 3.57. The first-order chi connectivity index (χ1) is 8.47. The molecule has 1 rings (SSSR count).